The van der Waals surface area contributed by atoms with Gasteiger partial charge in [-0.2, -0.15) is 0 Å². The summed E-state index contributed by atoms with van der Waals surface area (Å²) in [5, 5.41) is 0. The number of carbonyl (C=O) groups excluding carboxylic acids is 1. The number of hydrogen-bond acceptors (Lipinski definition) is 4. The Labute approximate surface area is 143 Å². The van der Waals surface area contributed by atoms with Gasteiger partial charge >= 0.3 is 5.97 Å². The van der Waals surface area contributed by atoms with E-state index < -0.39 is 11.6 Å². The molecule has 0 heterocycles. The fraction of sp³-hybridized carbons (Fsp3) is 0.350. The molecule has 0 aliphatic carbocycles. The van der Waals surface area contributed by atoms with E-state index >= 15 is 0 Å². The number of methoxy groups -OCH3 is 1. The summed E-state index contributed by atoms with van der Waals surface area (Å²) >= 11 is 0. The fourth-order valence-corrected chi connectivity index (χ4v) is 2.35. The van der Waals surface area contributed by atoms with Crippen molar-refractivity contribution in [1.29, 1.82) is 0 Å². The molecule has 0 amide bonds. The zero-order valence-electron chi connectivity index (χ0n) is 14.7. The molecule has 0 aliphatic heterocycles. The standard InChI is InChI=1S/C20H25NO3/c1-20(2,3)24-19(22)18(21)12-14-8-10-15(11-9-14)16-6-5-7-17(13-16)23-4/h5-11,13,18H,12,21H2,1-4H3. The molecular formula is C20H25NO3. The van der Waals surface area contributed by atoms with Crippen LogP contribution in [0.15, 0.2) is 48.5 Å². The molecule has 24 heavy (non-hydrogen) atoms. The van der Waals surface area contributed by atoms with Crippen molar-refractivity contribution in [2.24, 2.45) is 5.73 Å². The van der Waals surface area contributed by atoms with Crippen molar-refractivity contribution in [1.82, 2.24) is 0 Å². The van der Waals surface area contributed by atoms with Crippen molar-refractivity contribution < 1.29 is 14.3 Å². The average Bonchev–Trinajstić information content (AvgIpc) is 2.54. The Bertz CT molecular complexity index is 687. The zero-order chi connectivity index (χ0) is 17.7. The second-order valence-corrected chi connectivity index (χ2v) is 6.77. The highest BCUT2D eigenvalue weighted by atomic mass is 16.6. The van der Waals surface area contributed by atoms with Gasteiger partial charge in [0.25, 0.3) is 0 Å². The lowest BCUT2D eigenvalue weighted by molar-refractivity contribution is -0.156. The molecule has 0 fully saturated rings. The number of rotatable bonds is 5. The summed E-state index contributed by atoms with van der Waals surface area (Å²) in [7, 11) is 1.65. The molecule has 4 nitrogen and oxygen atoms in total. The van der Waals surface area contributed by atoms with Crippen LogP contribution in [0.25, 0.3) is 11.1 Å². The van der Waals surface area contributed by atoms with Crippen LogP contribution in [0, 0.1) is 0 Å². The molecular weight excluding hydrogens is 302 g/mol. The van der Waals surface area contributed by atoms with Gasteiger partial charge in [-0.1, -0.05) is 36.4 Å². The maximum Gasteiger partial charge on any atom is 0.323 e. The molecule has 2 aromatic rings. The molecule has 1 unspecified atom stereocenters. The minimum atomic E-state index is -0.660. The molecule has 0 spiro atoms. The van der Waals surface area contributed by atoms with E-state index in [4.69, 9.17) is 15.2 Å². The molecule has 1 atom stereocenters. The summed E-state index contributed by atoms with van der Waals surface area (Å²) < 4.78 is 10.6. The molecule has 0 radical (unpaired) electrons. The molecule has 0 aromatic heterocycles. The van der Waals surface area contributed by atoms with Crippen molar-refractivity contribution in [2.45, 2.75) is 38.8 Å². The predicted octanol–water partition coefficient (Wildman–Crippen LogP) is 3.57. The SMILES string of the molecule is COc1cccc(-c2ccc(CC(N)C(=O)OC(C)(C)C)cc2)c1. The number of esters is 1. The quantitative estimate of drug-likeness (QED) is 0.853. The summed E-state index contributed by atoms with van der Waals surface area (Å²) in [6.45, 7) is 5.50. The van der Waals surface area contributed by atoms with Crippen LogP contribution in [0.2, 0.25) is 0 Å². The highest BCUT2D eigenvalue weighted by molar-refractivity contribution is 5.76. The topological polar surface area (TPSA) is 61.5 Å². The minimum absolute atomic E-state index is 0.376. The van der Waals surface area contributed by atoms with Crippen LogP contribution in [0.3, 0.4) is 0 Å². The Morgan fingerprint density at radius 2 is 1.75 bits per heavy atom. The van der Waals surface area contributed by atoms with Crippen LogP contribution in [0.5, 0.6) is 5.75 Å². The molecule has 2 aromatic carbocycles. The molecule has 128 valence electrons. The smallest absolute Gasteiger partial charge is 0.323 e. The van der Waals surface area contributed by atoms with E-state index in [0.29, 0.717) is 6.42 Å². The predicted molar refractivity (Wildman–Crippen MR) is 96.0 cm³/mol. The minimum Gasteiger partial charge on any atom is -0.497 e. The molecule has 0 saturated carbocycles. The van der Waals surface area contributed by atoms with Crippen LogP contribution >= 0.6 is 0 Å². The highest BCUT2D eigenvalue weighted by Gasteiger charge is 2.22. The second-order valence-electron chi connectivity index (χ2n) is 6.77. The van der Waals surface area contributed by atoms with E-state index in [1.165, 1.54) is 0 Å². The number of carbonyl (C=O) groups is 1. The Kier molecular flexibility index (Phi) is 5.62. The summed E-state index contributed by atoms with van der Waals surface area (Å²) in [5.41, 5.74) is 8.60. The lowest BCUT2D eigenvalue weighted by atomic mass is 10.0. The number of ether oxygens (including phenoxy) is 2. The molecule has 2 rings (SSSR count). The van der Waals surface area contributed by atoms with Crippen molar-refractivity contribution in [2.75, 3.05) is 7.11 Å². The Hall–Kier alpha value is -2.33. The average molecular weight is 327 g/mol. The normalized spacial score (nSPS) is 12.5. The molecule has 0 aliphatic rings. The highest BCUT2D eigenvalue weighted by Crippen LogP contribution is 2.24. The van der Waals surface area contributed by atoms with Crippen LogP contribution in [-0.2, 0) is 16.0 Å². The van der Waals surface area contributed by atoms with Crippen molar-refractivity contribution in [3.63, 3.8) is 0 Å². The fourth-order valence-electron chi connectivity index (χ4n) is 2.35. The number of hydrogen-bond donors (Lipinski definition) is 1. The van der Waals surface area contributed by atoms with Gasteiger partial charge in [-0.25, -0.2) is 0 Å². The van der Waals surface area contributed by atoms with Crippen LogP contribution in [-0.4, -0.2) is 24.7 Å². The van der Waals surface area contributed by atoms with Gasteiger partial charge < -0.3 is 15.2 Å². The van der Waals surface area contributed by atoms with E-state index in [9.17, 15) is 4.79 Å². The van der Waals surface area contributed by atoms with Crippen LogP contribution in [0.1, 0.15) is 26.3 Å². The van der Waals surface area contributed by atoms with Gasteiger partial charge in [0.05, 0.1) is 7.11 Å². The van der Waals surface area contributed by atoms with Crippen LogP contribution in [0.4, 0.5) is 0 Å². The first-order valence-electron chi connectivity index (χ1n) is 8.00. The van der Waals surface area contributed by atoms with E-state index in [2.05, 4.69) is 0 Å². The first-order valence-corrected chi connectivity index (χ1v) is 8.00. The van der Waals surface area contributed by atoms with E-state index in [0.717, 1.165) is 22.4 Å². The third-order valence-electron chi connectivity index (χ3n) is 3.52. The van der Waals surface area contributed by atoms with Crippen molar-refractivity contribution in [3.05, 3.63) is 54.1 Å². The molecule has 0 saturated heterocycles. The van der Waals surface area contributed by atoms with Gasteiger partial charge in [0.1, 0.15) is 17.4 Å². The maximum absolute atomic E-state index is 12.0. The van der Waals surface area contributed by atoms with E-state index in [1.54, 1.807) is 7.11 Å². The Morgan fingerprint density at radius 1 is 1.08 bits per heavy atom. The zero-order valence-corrected chi connectivity index (χ0v) is 14.7. The molecule has 0 bridgehead atoms. The summed E-state index contributed by atoms with van der Waals surface area (Å²) in [4.78, 5) is 12.0. The van der Waals surface area contributed by atoms with Crippen LogP contribution < -0.4 is 10.5 Å². The van der Waals surface area contributed by atoms with E-state index in [1.807, 2.05) is 69.3 Å². The van der Waals surface area contributed by atoms with E-state index in [-0.39, 0.29) is 5.97 Å². The molecule has 4 heteroatoms. The van der Waals surface area contributed by atoms with Gasteiger partial charge in [-0.15, -0.1) is 0 Å². The van der Waals surface area contributed by atoms with Crippen molar-refractivity contribution >= 4 is 5.97 Å². The summed E-state index contributed by atoms with van der Waals surface area (Å²) in [6.07, 6.45) is 0.452. The second kappa shape index (κ2) is 7.49. The monoisotopic (exact) mass is 327 g/mol. The van der Waals surface area contributed by atoms with Gasteiger partial charge in [-0.3, -0.25) is 4.79 Å². The third-order valence-corrected chi connectivity index (χ3v) is 3.52. The van der Waals surface area contributed by atoms with Gasteiger partial charge in [0.15, 0.2) is 0 Å². The number of benzene rings is 2. The summed E-state index contributed by atoms with van der Waals surface area (Å²) in [6, 6.07) is 15.2. The summed E-state index contributed by atoms with van der Waals surface area (Å²) in [5.74, 6) is 0.447. The first-order chi connectivity index (χ1) is 11.3. The Morgan fingerprint density at radius 3 is 2.33 bits per heavy atom. The molecule has 2 N–H and O–H groups in total. The van der Waals surface area contributed by atoms with Crippen molar-refractivity contribution in [3.8, 4) is 16.9 Å². The van der Waals surface area contributed by atoms with Gasteiger partial charge in [0, 0.05) is 0 Å². The third kappa shape index (κ3) is 5.10. The van der Waals surface area contributed by atoms with Gasteiger partial charge in [0.2, 0.25) is 0 Å². The largest absolute Gasteiger partial charge is 0.497 e. The number of nitrogens with two attached hydrogens (primary N) is 1. The lowest BCUT2D eigenvalue weighted by Crippen LogP contribution is -2.38. The maximum atomic E-state index is 12.0. The Balaban J connectivity index is 2.05. The lowest BCUT2D eigenvalue weighted by Gasteiger charge is -2.22. The first kappa shape index (κ1) is 18.0. The van der Waals surface area contributed by atoms with Gasteiger partial charge in [-0.05, 0) is 56.0 Å².